The van der Waals surface area contributed by atoms with E-state index in [-0.39, 0.29) is 11.8 Å². The molecule has 1 unspecified atom stereocenters. The fourth-order valence-electron chi connectivity index (χ4n) is 1.77. The summed E-state index contributed by atoms with van der Waals surface area (Å²) in [5.41, 5.74) is 0. The Morgan fingerprint density at radius 1 is 1.56 bits per heavy atom. The maximum absolute atomic E-state index is 11.6. The number of hydrogen-bond acceptors (Lipinski definition) is 5. The first-order valence-corrected chi connectivity index (χ1v) is 5.88. The molecule has 1 saturated heterocycles. The molecule has 2 N–H and O–H groups in total. The zero-order valence-electron chi connectivity index (χ0n) is 10.1. The predicted molar refractivity (Wildman–Crippen MR) is 65.2 cm³/mol. The largest absolute Gasteiger partial charge is 0.490 e. The molecule has 0 aromatic carbocycles. The van der Waals surface area contributed by atoms with Crippen LogP contribution in [0.1, 0.15) is 19.8 Å². The van der Waals surface area contributed by atoms with E-state index in [1.165, 1.54) is 0 Å². The number of aromatic nitrogens is 1. The third-order valence-electron chi connectivity index (χ3n) is 2.62. The van der Waals surface area contributed by atoms with E-state index in [0.717, 1.165) is 0 Å². The van der Waals surface area contributed by atoms with Crippen molar-refractivity contribution in [1.82, 2.24) is 10.3 Å². The Balaban J connectivity index is 2.09. The van der Waals surface area contributed by atoms with E-state index < -0.39 is 6.04 Å². The van der Waals surface area contributed by atoms with Crippen molar-refractivity contribution in [2.45, 2.75) is 25.8 Å². The van der Waals surface area contributed by atoms with Crippen LogP contribution in [-0.2, 0) is 9.59 Å². The number of piperidine rings is 1. The van der Waals surface area contributed by atoms with Gasteiger partial charge >= 0.3 is 0 Å². The lowest BCUT2D eigenvalue weighted by Gasteiger charge is -2.23. The molecule has 1 aromatic heterocycles. The molecule has 1 aromatic rings. The van der Waals surface area contributed by atoms with Crippen LogP contribution in [0.25, 0.3) is 0 Å². The highest BCUT2D eigenvalue weighted by atomic mass is 16.5. The minimum atomic E-state index is -0.447. The minimum absolute atomic E-state index is 0.232. The van der Waals surface area contributed by atoms with Gasteiger partial charge in [-0.25, -0.2) is 4.98 Å². The Kier molecular flexibility index (Phi) is 3.76. The zero-order valence-corrected chi connectivity index (χ0v) is 10.1. The lowest BCUT2D eigenvalue weighted by atomic mass is 10.1. The van der Waals surface area contributed by atoms with E-state index in [2.05, 4.69) is 15.6 Å². The molecule has 0 radical (unpaired) electrons. The van der Waals surface area contributed by atoms with Crippen LogP contribution >= 0.6 is 0 Å². The van der Waals surface area contributed by atoms with Crippen molar-refractivity contribution in [2.75, 3.05) is 11.9 Å². The second-order valence-corrected chi connectivity index (χ2v) is 3.93. The summed E-state index contributed by atoms with van der Waals surface area (Å²) in [6, 6.07) is 3.10. The first kappa shape index (κ1) is 12.3. The standard InChI is InChI=1S/C12H15N3O3/c1-2-18-9-4-3-7-13-11(9)14-8-5-6-10(16)15-12(8)17/h3-4,7-8H,2,5-6H2,1H3,(H,13,14)(H,15,16,17). The van der Waals surface area contributed by atoms with Gasteiger partial charge < -0.3 is 10.1 Å². The fourth-order valence-corrected chi connectivity index (χ4v) is 1.77. The Hall–Kier alpha value is -2.11. The number of carbonyl (C=O) groups is 2. The molecule has 2 amide bonds. The number of pyridine rings is 1. The number of rotatable bonds is 4. The predicted octanol–water partition coefficient (Wildman–Crippen LogP) is 0.697. The Morgan fingerprint density at radius 2 is 2.39 bits per heavy atom. The van der Waals surface area contributed by atoms with Crippen molar-refractivity contribution in [3.05, 3.63) is 18.3 Å². The average molecular weight is 249 g/mol. The van der Waals surface area contributed by atoms with E-state index >= 15 is 0 Å². The van der Waals surface area contributed by atoms with Gasteiger partial charge in [-0.15, -0.1) is 0 Å². The zero-order chi connectivity index (χ0) is 13.0. The lowest BCUT2D eigenvalue weighted by Crippen LogP contribution is -2.47. The second-order valence-electron chi connectivity index (χ2n) is 3.93. The Labute approximate surface area is 105 Å². The molecule has 0 saturated carbocycles. The highest BCUT2D eigenvalue weighted by Crippen LogP contribution is 2.22. The van der Waals surface area contributed by atoms with Crippen LogP contribution in [0, 0.1) is 0 Å². The van der Waals surface area contributed by atoms with E-state index in [9.17, 15) is 9.59 Å². The van der Waals surface area contributed by atoms with Gasteiger partial charge in [-0.3, -0.25) is 14.9 Å². The molecule has 0 spiro atoms. The smallest absolute Gasteiger partial charge is 0.249 e. The van der Waals surface area contributed by atoms with Gasteiger partial charge in [0.2, 0.25) is 11.8 Å². The van der Waals surface area contributed by atoms with Crippen molar-refractivity contribution < 1.29 is 14.3 Å². The summed E-state index contributed by atoms with van der Waals surface area (Å²) in [5.74, 6) is 0.571. The number of amides is 2. The molecule has 0 aliphatic carbocycles. The molecular formula is C12H15N3O3. The number of carbonyl (C=O) groups excluding carboxylic acids is 2. The summed E-state index contributed by atoms with van der Waals surface area (Å²) >= 11 is 0. The molecule has 1 fully saturated rings. The topological polar surface area (TPSA) is 80.3 Å². The molecule has 18 heavy (non-hydrogen) atoms. The fraction of sp³-hybridized carbons (Fsp3) is 0.417. The third kappa shape index (κ3) is 2.77. The van der Waals surface area contributed by atoms with Crippen LogP contribution in [-0.4, -0.2) is 29.4 Å². The van der Waals surface area contributed by atoms with E-state index in [1.807, 2.05) is 6.92 Å². The van der Waals surface area contributed by atoms with Crippen molar-refractivity contribution in [1.29, 1.82) is 0 Å². The second kappa shape index (κ2) is 5.48. The van der Waals surface area contributed by atoms with Gasteiger partial charge in [-0.05, 0) is 25.5 Å². The van der Waals surface area contributed by atoms with Gasteiger partial charge in [0.05, 0.1) is 6.61 Å². The van der Waals surface area contributed by atoms with Gasteiger partial charge in [0.25, 0.3) is 0 Å². The molecule has 2 heterocycles. The molecule has 96 valence electrons. The number of anilines is 1. The maximum atomic E-state index is 11.6. The summed E-state index contributed by atoms with van der Waals surface area (Å²) in [7, 11) is 0. The summed E-state index contributed by atoms with van der Waals surface area (Å²) < 4.78 is 5.41. The Bertz CT molecular complexity index is 462. The summed E-state index contributed by atoms with van der Waals surface area (Å²) in [6.07, 6.45) is 2.42. The first-order chi connectivity index (χ1) is 8.70. The molecule has 1 aliphatic rings. The van der Waals surface area contributed by atoms with Crippen molar-refractivity contribution in [2.24, 2.45) is 0 Å². The summed E-state index contributed by atoms with van der Waals surface area (Å²) in [6.45, 7) is 2.40. The van der Waals surface area contributed by atoms with Gasteiger partial charge in [-0.1, -0.05) is 0 Å². The molecule has 0 bridgehead atoms. The first-order valence-electron chi connectivity index (χ1n) is 5.88. The molecule has 6 heteroatoms. The van der Waals surface area contributed by atoms with Gasteiger partial charge in [0.1, 0.15) is 6.04 Å². The summed E-state index contributed by atoms with van der Waals surface area (Å²) in [4.78, 5) is 26.8. The van der Waals surface area contributed by atoms with E-state index in [0.29, 0.717) is 31.0 Å². The van der Waals surface area contributed by atoms with Crippen LogP contribution < -0.4 is 15.4 Å². The van der Waals surface area contributed by atoms with E-state index in [1.54, 1.807) is 18.3 Å². The van der Waals surface area contributed by atoms with Crippen LogP contribution in [0.4, 0.5) is 5.82 Å². The van der Waals surface area contributed by atoms with Gasteiger partial charge in [-0.2, -0.15) is 0 Å². The lowest BCUT2D eigenvalue weighted by molar-refractivity contribution is -0.133. The monoisotopic (exact) mass is 249 g/mol. The van der Waals surface area contributed by atoms with Crippen LogP contribution in [0.5, 0.6) is 5.75 Å². The normalized spacial score (nSPS) is 19.3. The van der Waals surface area contributed by atoms with E-state index in [4.69, 9.17) is 4.74 Å². The van der Waals surface area contributed by atoms with Crippen LogP contribution in [0.15, 0.2) is 18.3 Å². The average Bonchev–Trinajstić information content (AvgIpc) is 2.35. The van der Waals surface area contributed by atoms with Gasteiger partial charge in [0, 0.05) is 12.6 Å². The number of ether oxygens (including phenoxy) is 1. The van der Waals surface area contributed by atoms with Crippen molar-refractivity contribution >= 4 is 17.6 Å². The highest BCUT2D eigenvalue weighted by molar-refractivity contribution is 6.01. The molecule has 1 atom stereocenters. The maximum Gasteiger partial charge on any atom is 0.249 e. The third-order valence-corrected chi connectivity index (χ3v) is 2.62. The quantitative estimate of drug-likeness (QED) is 0.768. The SMILES string of the molecule is CCOc1cccnc1NC1CCC(=O)NC1=O. The number of imide groups is 1. The number of nitrogens with one attached hydrogen (secondary N) is 2. The minimum Gasteiger partial charge on any atom is -0.490 e. The highest BCUT2D eigenvalue weighted by Gasteiger charge is 2.27. The van der Waals surface area contributed by atoms with Crippen LogP contribution in [0.3, 0.4) is 0 Å². The van der Waals surface area contributed by atoms with Crippen molar-refractivity contribution in [3.8, 4) is 5.75 Å². The Morgan fingerprint density at radius 3 is 3.11 bits per heavy atom. The summed E-state index contributed by atoms with van der Waals surface area (Å²) in [5, 5.41) is 5.30. The molecular weight excluding hydrogens is 234 g/mol. The van der Waals surface area contributed by atoms with Gasteiger partial charge in [0.15, 0.2) is 11.6 Å². The molecule has 6 nitrogen and oxygen atoms in total. The van der Waals surface area contributed by atoms with Crippen molar-refractivity contribution in [3.63, 3.8) is 0 Å². The number of hydrogen-bond donors (Lipinski definition) is 2. The number of nitrogens with zero attached hydrogens (tertiary/aromatic N) is 1. The molecule has 1 aliphatic heterocycles. The van der Waals surface area contributed by atoms with Crippen LogP contribution in [0.2, 0.25) is 0 Å². The molecule has 2 rings (SSSR count).